The van der Waals surface area contributed by atoms with E-state index in [1.54, 1.807) is 23.2 Å². The lowest BCUT2D eigenvalue weighted by Gasteiger charge is -2.40. The van der Waals surface area contributed by atoms with Gasteiger partial charge in [-0.05, 0) is 26.0 Å². The minimum Gasteiger partial charge on any atom is -0.373 e. The fourth-order valence-corrected chi connectivity index (χ4v) is 5.90. The Kier molecular flexibility index (Phi) is 6.38. The number of aromatic nitrogens is 1. The number of piperazine rings is 1. The zero-order valence-corrected chi connectivity index (χ0v) is 18.7. The maximum atomic E-state index is 13.0. The first-order valence-corrected chi connectivity index (χ1v) is 12.0. The molecule has 1 aromatic carbocycles. The number of hydrogen-bond donors (Lipinski definition) is 0. The largest absolute Gasteiger partial charge is 0.373 e. The molecule has 1 aromatic heterocycles. The minimum atomic E-state index is -3.56. The molecule has 9 heteroatoms. The Balaban J connectivity index is 1.38. The molecule has 2 atom stereocenters. The van der Waals surface area contributed by atoms with Gasteiger partial charge in [-0.25, -0.2) is 0 Å². The molecule has 1 amide bonds. The van der Waals surface area contributed by atoms with E-state index in [1.807, 2.05) is 44.2 Å². The van der Waals surface area contributed by atoms with E-state index in [9.17, 15) is 13.2 Å². The molecular formula is C22H28N4O4S. The van der Waals surface area contributed by atoms with Gasteiger partial charge >= 0.3 is 0 Å². The van der Waals surface area contributed by atoms with Gasteiger partial charge in [-0.2, -0.15) is 17.0 Å². The highest BCUT2D eigenvalue weighted by Gasteiger charge is 2.37. The van der Waals surface area contributed by atoms with Gasteiger partial charge in [0, 0.05) is 62.5 Å². The van der Waals surface area contributed by atoms with Gasteiger partial charge in [0.2, 0.25) is 5.91 Å². The number of amides is 1. The number of para-hydroxylation sites is 1. The highest BCUT2D eigenvalue weighted by atomic mass is 32.2. The van der Waals surface area contributed by atoms with Crippen LogP contribution in [-0.2, 0) is 19.7 Å². The monoisotopic (exact) mass is 444 g/mol. The Morgan fingerprint density at radius 3 is 2.42 bits per heavy atom. The average molecular weight is 445 g/mol. The van der Waals surface area contributed by atoms with Crippen molar-refractivity contribution in [1.29, 1.82) is 0 Å². The summed E-state index contributed by atoms with van der Waals surface area (Å²) in [6.07, 6.45) is 4.79. The molecule has 4 rings (SSSR count). The first kappa shape index (κ1) is 21.9. The van der Waals surface area contributed by atoms with Crippen molar-refractivity contribution in [3.8, 4) is 0 Å². The summed E-state index contributed by atoms with van der Waals surface area (Å²) in [5.74, 6) is -0.126. The zero-order valence-electron chi connectivity index (χ0n) is 17.8. The quantitative estimate of drug-likeness (QED) is 0.671. The molecule has 2 saturated heterocycles. The highest BCUT2D eigenvalue weighted by molar-refractivity contribution is 7.86. The highest BCUT2D eigenvalue weighted by Crippen LogP contribution is 2.20. The van der Waals surface area contributed by atoms with Gasteiger partial charge in [0.15, 0.2) is 0 Å². The summed E-state index contributed by atoms with van der Waals surface area (Å²) in [4.78, 5) is 18.8. The summed E-state index contributed by atoms with van der Waals surface area (Å²) in [6.45, 7) is 5.79. The lowest BCUT2D eigenvalue weighted by molar-refractivity contribution is -0.127. The van der Waals surface area contributed by atoms with Crippen molar-refractivity contribution in [1.82, 2.24) is 18.5 Å². The first-order valence-electron chi connectivity index (χ1n) is 10.6. The molecule has 166 valence electrons. The second-order valence-electron chi connectivity index (χ2n) is 8.06. The van der Waals surface area contributed by atoms with Gasteiger partial charge < -0.3 is 9.64 Å². The van der Waals surface area contributed by atoms with Crippen molar-refractivity contribution in [2.75, 3.05) is 39.3 Å². The number of nitrogens with zero attached hydrogens (tertiary/aromatic N) is 4. The van der Waals surface area contributed by atoms with Crippen molar-refractivity contribution < 1.29 is 17.9 Å². The molecule has 0 aliphatic carbocycles. The molecule has 31 heavy (non-hydrogen) atoms. The van der Waals surface area contributed by atoms with E-state index in [1.165, 1.54) is 8.61 Å². The standard InChI is InChI=1S/C22H28N4O4S/c1-17-15-26(16-18(2)30-17)31(28,29)25-13-11-24(12-14-25)21(27)9-8-20-6-3-5-19-7-4-10-23-22(19)20/h3-10,17-18H,11-16H2,1-2H3/b9-8+. The summed E-state index contributed by atoms with van der Waals surface area (Å²) in [6, 6.07) is 9.71. The summed E-state index contributed by atoms with van der Waals surface area (Å²) in [5.41, 5.74) is 1.72. The summed E-state index contributed by atoms with van der Waals surface area (Å²) >= 11 is 0. The SMILES string of the molecule is CC1CN(S(=O)(=O)N2CCN(C(=O)/C=C/c3cccc4cccnc34)CC2)CC(C)O1. The van der Waals surface area contributed by atoms with Crippen LogP contribution in [0.3, 0.4) is 0 Å². The van der Waals surface area contributed by atoms with E-state index >= 15 is 0 Å². The number of carbonyl (C=O) groups excluding carboxylic acids is 1. The lowest BCUT2D eigenvalue weighted by atomic mass is 10.1. The normalized spacial score (nSPS) is 24.1. The predicted molar refractivity (Wildman–Crippen MR) is 119 cm³/mol. The van der Waals surface area contributed by atoms with Crippen molar-refractivity contribution in [2.24, 2.45) is 0 Å². The van der Waals surface area contributed by atoms with Gasteiger partial charge in [-0.1, -0.05) is 24.3 Å². The third-order valence-electron chi connectivity index (χ3n) is 5.66. The zero-order chi connectivity index (χ0) is 22.0. The third kappa shape index (κ3) is 4.79. The lowest BCUT2D eigenvalue weighted by Crippen LogP contribution is -2.57. The maximum absolute atomic E-state index is 13.0. The Bertz CT molecular complexity index is 1060. The predicted octanol–water partition coefficient (Wildman–Crippen LogP) is 1.75. The molecule has 2 aliphatic rings. The second kappa shape index (κ2) is 9.04. The van der Waals surface area contributed by atoms with Crippen LogP contribution in [0.15, 0.2) is 42.6 Å². The number of hydrogen-bond acceptors (Lipinski definition) is 5. The number of benzene rings is 1. The van der Waals surface area contributed by atoms with Gasteiger partial charge in [-0.15, -0.1) is 0 Å². The number of rotatable bonds is 4. The van der Waals surface area contributed by atoms with E-state index in [-0.39, 0.29) is 31.2 Å². The van der Waals surface area contributed by atoms with Crippen LogP contribution in [-0.4, -0.2) is 84.3 Å². The van der Waals surface area contributed by atoms with Crippen LogP contribution in [0.4, 0.5) is 0 Å². The fraction of sp³-hybridized carbons (Fsp3) is 0.455. The second-order valence-corrected chi connectivity index (χ2v) is 9.99. The summed E-state index contributed by atoms with van der Waals surface area (Å²) in [7, 11) is -3.56. The third-order valence-corrected chi connectivity index (χ3v) is 7.63. The van der Waals surface area contributed by atoms with E-state index in [0.717, 1.165) is 16.5 Å². The summed E-state index contributed by atoms with van der Waals surface area (Å²) in [5, 5.41) is 1.02. The molecule has 2 aliphatic heterocycles. The van der Waals surface area contributed by atoms with E-state index in [0.29, 0.717) is 26.2 Å². The molecule has 2 unspecified atom stereocenters. The molecule has 0 spiro atoms. The molecule has 3 heterocycles. The van der Waals surface area contributed by atoms with Crippen molar-refractivity contribution in [3.05, 3.63) is 48.2 Å². The number of morpholine rings is 1. The number of carbonyl (C=O) groups is 1. The van der Waals surface area contributed by atoms with E-state index < -0.39 is 10.2 Å². The topological polar surface area (TPSA) is 83.1 Å². The van der Waals surface area contributed by atoms with Gasteiger partial charge in [0.25, 0.3) is 10.2 Å². The average Bonchev–Trinajstić information content (AvgIpc) is 2.77. The van der Waals surface area contributed by atoms with Crippen molar-refractivity contribution >= 4 is 33.1 Å². The van der Waals surface area contributed by atoms with Crippen LogP contribution >= 0.6 is 0 Å². The van der Waals surface area contributed by atoms with Crippen molar-refractivity contribution in [2.45, 2.75) is 26.1 Å². The van der Waals surface area contributed by atoms with Crippen LogP contribution in [0.5, 0.6) is 0 Å². The Morgan fingerprint density at radius 2 is 1.71 bits per heavy atom. The Hall–Kier alpha value is -2.33. The van der Waals surface area contributed by atoms with Gasteiger partial charge in [0.05, 0.1) is 17.7 Å². The van der Waals surface area contributed by atoms with Crippen LogP contribution in [0.1, 0.15) is 19.4 Å². The first-order chi connectivity index (χ1) is 14.8. The fourth-order valence-electron chi connectivity index (χ4n) is 4.15. The molecule has 2 fully saturated rings. The smallest absolute Gasteiger partial charge is 0.282 e. The minimum absolute atomic E-state index is 0.126. The maximum Gasteiger partial charge on any atom is 0.282 e. The van der Waals surface area contributed by atoms with E-state index in [4.69, 9.17) is 4.74 Å². The number of pyridine rings is 1. The van der Waals surface area contributed by atoms with Crippen LogP contribution < -0.4 is 0 Å². The van der Waals surface area contributed by atoms with Gasteiger partial charge in [-0.3, -0.25) is 9.78 Å². The number of fused-ring (bicyclic) bond motifs is 1. The Labute approximate surface area is 183 Å². The Morgan fingerprint density at radius 1 is 1.03 bits per heavy atom. The molecule has 0 radical (unpaired) electrons. The van der Waals surface area contributed by atoms with Crippen molar-refractivity contribution in [3.63, 3.8) is 0 Å². The number of ether oxygens (including phenoxy) is 1. The van der Waals surface area contributed by atoms with E-state index in [2.05, 4.69) is 4.98 Å². The molecular weight excluding hydrogens is 416 g/mol. The van der Waals surface area contributed by atoms with Crippen LogP contribution in [0.2, 0.25) is 0 Å². The van der Waals surface area contributed by atoms with Crippen LogP contribution in [0.25, 0.3) is 17.0 Å². The molecule has 0 saturated carbocycles. The molecule has 8 nitrogen and oxygen atoms in total. The summed E-state index contributed by atoms with van der Waals surface area (Å²) < 4.78 is 34.6. The van der Waals surface area contributed by atoms with Gasteiger partial charge in [0.1, 0.15) is 0 Å². The molecule has 0 N–H and O–H groups in total. The van der Waals surface area contributed by atoms with Crippen LogP contribution in [0, 0.1) is 0 Å². The molecule has 0 bridgehead atoms. The molecule has 2 aromatic rings.